The van der Waals surface area contributed by atoms with Crippen molar-refractivity contribution in [1.82, 2.24) is 0 Å². The van der Waals surface area contributed by atoms with Crippen molar-refractivity contribution in [1.29, 1.82) is 5.26 Å². The number of nitriles is 1. The second kappa shape index (κ2) is 6.13. The maximum Gasteiger partial charge on any atom is 0.124 e. The highest BCUT2D eigenvalue weighted by atomic mass is 35.5. The fraction of sp³-hybridized carbons (Fsp3) is 0.188. The summed E-state index contributed by atoms with van der Waals surface area (Å²) in [6, 6.07) is 12.7. The molecule has 108 valence electrons. The van der Waals surface area contributed by atoms with Gasteiger partial charge >= 0.3 is 0 Å². The van der Waals surface area contributed by atoms with Gasteiger partial charge in [0.1, 0.15) is 17.5 Å². The molecule has 2 aromatic carbocycles. The second-order valence-electron chi connectivity index (χ2n) is 4.94. The molecule has 1 unspecified atom stereocenters. The molecule has 2 aromatic rings. The Labute approximate surface area is 127 Å². The first kappa shape index (κ1) is 15.3. The van der Waals surface area contributed by atoms with Crippen molar-refractivity contribution < 1.29 is 9.50 Å². The summed E-state index contributed by atoms with van der Waals surface area (Å²) in [6.07, 6.45) is 0. The lowest BCUT2D eigenvalue weighted by atomic mass is 9.96. The van der Waals surface area contributed by atoms with Crippen LogP contribution >= 0.6 is 11.6 Å². The molecule has 0 saturated carbocycles. The molecule has 0 aliphatic carbocycles. The predicted octanol–water partition coefficient (Wildman–Crippen LogP) is 3.67. The van der Waals surface area contributed by atoms with Crippen molar-refractivity contribution in [2.45, 2.75) is 12.5 Å². The first-order valence-electron chi connectivity index (χ1n) is 6.34. The molecule has 0 radical (unpaired) electrons. The summed E-state index contributed by atoms with van der Waals surface area (Å²) < 4.78 is 13.1. The SMILES string of the molecule is CC(O)(CNc1ccc(F)cc1C#N)c1cccc(Cl)c1. The topological polar surface area (TPSA) is 56.0 Å². The molecule has 0 aromatic heterocycles. The van der Waals surface area contributed by atoms with E-state index in [1.807, 2.05) is 6.07 Å². The van der Waals surface area contributed by atoms with Gasteiger partial charge < -0.3 is 10.4 Å². The van der Waals surface area contributed by atoms with Crippen molar-refractivity contribution in [2.24, 2.45) is 0 Å². The average molecular weight is 305 g/mol. The lowest BCUT2D eigenvalue weighted by molar-refractivity contribution is 0.0715. The molecule has 2 rings (SSSR count). The highest BCUT2D eigenvalue weighted by molar-refractivity contribution is 6.30. The van der Waals surface area contributed by atoms with Gasteiger partial charge in [-0.05, 0) is 42.8 Å². The van der Waals surface area contributed by atoms with E-state index in [1.165, 1.54) is 12.1 Å². The molecule has 0 spiro atoms. The van der Waals surface area contributed by atoms with E-state index in [9.17, 15) is 9.50 Å². The van der Waals surface area contributed by atoms with E-state index in [2.05, 4.69) is 5.32 Å². The number of halogens is 2. The molecule has 1 atom stereocenters. The molecule has 0 heterocycles. The molecule has 2 N–H and O–H groups in total. The largest absolute Gasteiger partial charge is 0.384 e. The Bertz CT molecular complexity index is 695. The minimum atomic E-state index is -1.17. The third-order valence-electron chi connectivity index (χ3n) is 3.17. The lowest BCUT2D eigenvalue weighted by Crippen LogP contribution is -2.30. The molecule has 3 nitrogen and oxygen atoms in total. The van der Waals surface area contributed by atoms with Gasteiger partial charge in [-0.25, -0.2) is 4.39 Å². The van der Waals surface area contributed by atoms with Gasteiger partial charge in [0.2, 0.25) is 0 Å². The van der Waals surface area contributed by atoms with Crippen LogP contribution in [0.4, 0.5) is 10.1 Å². The van der Waals surface area contributed by atoms with Crippen LogP contribution in [0.15, 0.2) is 42.5 Å². The van der Waals surface area contributed by atoms with Crippen molar-refractivity contribution in [3.05, 3.63) is 64.4 Å². The summed E-state index contributed by atoms with van der Waals surface area (Å²) in [6.45, 7) is 1.80. The van der Waals surface area contributed by atoms with Crippen LogP contribution in [0.5, 0.6) is 0 Å². The van der Waals surface area contributed by atoms with Crippen LogP contribution in [0.2, 0.25) is 5.02 Å². The van der Waals surface area contributed by atoms with Crippen LogP contribution in [0, 0.1) is 17.1 Å². The Hall–Kier alpha value is -2.09. The third kappa shape index (κ3) is 3.72. The minimum absolute atomic E-state index is 0.160. The fourth-order valence-electron chi connectivity index (χ4n) is 1.96. The Morgan fingerprint density at radius 2 is 2.10 bits per heavy atom. The number of aliphatic hydroxyl groups is 1. The molecule has 0 aliphatic rings. The number of hydrogen-bond acceptors (Lipinski definition) is 3. The van der Waals surface area contributed by atoms with Gasteiger partial charge in [-0.1, -0.05) is 23.7 Å². The van der Waals surface area contributed by atoms with Crippen LogP contribution in [0.25, 0.3) is 0 Å². The first-order chi connectivity index (χ1) is 9.92. The number of nitrogens with zero attached hydrogens (tertiary/aromatic N) is 1. The monoisotopic (exact) mass is 304 g/mol. The Kier molecular flexibility index (Phi) is 4.46. The van der Waals surface area contributed by atoms with Crippen LogP contribution in [0.1, 0.15) is 18.1 Å². The van der Waals surface area contributed by atoms with Crippen LogP contribution in [-0.2, 0) is 5.60 Å². The van der Waals surface area contributed by atoms with E-state index in [1.54, 1.807) is 31.2 Å². The first-order valence-corrected chi connectivity index (χ1v) is 6.72. The van der Waals surface area contributed by atoms with Crippen LogP contribution in [-0.4, -0.2) is 11.7 Å². The quantitative estimate of drug-likeness (QED) is 0.906. The highest BCUT2D eigenvalue weighted by Crippen LogP contribution is 2.25. The van der Waals surface area contributed by atoms with Crippen molar-refractivity contribution in [2.75, 3.05) is 11.9 Å². The normalized spacial score (nSPS) is 13.3. The summed E-state index contributed by atoms with van der Waals surface area (Å²) in [5.41, 5.74) is 0.146. The van der Waals surface area contributed by atoms with Crippen LogP contribution < -0.4 is 5.32 Å². The predicted molar refractivity (Wildman–Crippen MR) is 80.6 cm³/mol. The molecule has 0 bridgehead atoms. The molecule has 0 aliphatic heterocycles. The molecule has 0 amide bonds. The number of nitrogens with one attached hydrogen (secondary N) is 1. The highest BCUT2D eigenvalue weighted by Gasteiger charge is 2.23. The van der Waals surface area contributed by atoms with E-state index in [4.69, 9.17) is 16.9 Å². The summed E-state index contributed by atoms with van der Waals surface area (Å²) in [5.74, 6) is -0.473. The maximum atomic E-state index is 13.1. The van der Waals surface area contributed by atoms with E-state index >= 15 is 0 Å². The number of anilines is 1. The molecule has 0 saturated heterocycles. The average Bonchev–Trinajstić information content (AvgIpc) is 2.46. The summed E-state index contributed by atoms with van der Waals surface area (Å²) in [4.78, 5) is 0. The van der Waals surface area contributed by atoms with Crippen molar-refractivity contribution in [3.63, 3.8) is 0 Å². The molecule has 0 fully saturated rings. The smallest absolute Gasteiger partial charge is 0.124 e. The van der Waals surface area contributed by atoms with Gasteiger partial charge in [0.15, 0.2) is 0 Å². The van der Waals surface area contributed by atoms with Crippen LogP contribution in [0.3, 0.4) is 0 Å². The Morgan fingerprint density at radius 1 is 1.33 bits per heavy atom. The minimum Gasteiger partial charge on any atom is -0.384 e. The maximum absolute atomic E-state index is 13.1. The van der Waals surface area contributed by atoms with Gasteiger partial charge in [-0.3, -0.25) is 0 Å². The summed E-state index contributed by atoms with van der Waals surface area (Å²) in [5, 5.41) is 23.0. The van der Waals surface area contributed by atoms with Gasteiger partial charge in [0.25, 0.3) is 0 Å². The van der Waals surface area contributed by atoms with Gasteiger partial charge in [0, 0.05) is 11.6 Å². The molecular weight excluding hydrogens is 291 g/mol. The Morgan fingerprint density at radius 3 is 2.76 bits per heavy atom. The second-order valence-corrected chi connectivity index (χ2v) is 5.38. The van der Waals surface area contributed by atoms with Crippen molar-refractivity contribution >= 4 is 17.3 Å². The number of hydrogen-bond donors (Lipinski definition) is 2. The zero-order valence-electron chi connectivity index (χ0n) is 11.4. The molecule has 5 heteroatoms. The molecular formula is C16H14ClFN2O. The van der Waals surface area contributed by atoms with E-state index < -0.39 is 11.4 Å². The summed E-state index contributed by atoms with van der Waals surface area (Å²) in [7, 11) is 0. The fourth-order valence-corrected chi connectivity index (χ4v) is 2.15. The molecule has 21 heavy (non-hydrogen) atoms. The summed E-state index contributed by atoms with van der Waals surface area (Å²) >= 11 is 5.92. The van der Waals surface area contributed by atoms with E-state index in [-0.39, 0.29) is 12.1 Å². The Balaban J connectivity index is 2.17. The zero-order valence-corrected chi connectivity index (χ0v) is 12.2. The third-order valence-corrected chi connectivity index (χ3v) is 3.41. The van der Waals surface area contributed by atoms with Gasteiger partial charge in [-0.2, -0.15) is 5.26 Å². The van der Waals surface area contributed by atoms with E-state index in [0.717, 1.165) is 6.07 Å². The lowest BCUT2D eigenvalue weighted by Gasteiger charge is -2.25. The zero-order chi connectivity index (χ0) is 15.5. The standard InChI is InChI=1S/C16H14ClFN2O/c1-16(21,12-3-2-4-13(17)8-12)10-20-15-6-5-14(18)7-11(15)9-19/h2-8,20-21H,10H2,1H3. The van der Waals surface area contributed by atoms with Crippen molar-refractivity contribution in [3.8, 4) is 6.07 Å². The van der Waals surface area contributed by atoms with Gasteiger partial charge in [-0.15, -0.1) is 0 Å². The number of benzene rings is 2. The number of rotatable bonds is 4. The van der Waals surface area contributed by atoms with E-state index in [0.29, 0.717) is 16.3 Å². The van der Waals surface area contributed by atoms with Gasteiger partial charge in [0.05, 0.1) is 11.3 Å².